The topological polar surface area (TPSA) is 79.7 Å². The first kappa shape index (κ1) is 15.5. The summed E-state index contributed by atoms with van der Waals surface area (Å²) in [6.07, 6.45) is 1.82. The van der Waals surface area contributed by atoms with Crippen LogP contribution < -0.4 is 4.74 Å². The zero-order valence-electron chi connectivity index (χ0n) is 12.6. The SMILES string of the molecule is COc1cccc(-c2ncc(CN3C[C@@H](C(=O)O)CC3=O)s2)c1. The molecule has 2 aromatic rings. The minimum Gasteiger partial charge on any atom is -0.497 e. The van der Waals surface area contributed by atoms with Gasteiger partial charge in [0, 0.05) is 29.6 Å². The summed E-state index contributed by atoms with van der Waals surface area (Å²) in [4.78, 5) is 29.8. The van der Waals surface area contributed by atoms with E-state index < -0.39 is 11.9 Å². The Morgan fingerprint density at radius 1 is 1.52 bits per heavy atom. The second kappa shape index (κ2) is 6.37. The Kier molecular flexibility index (Phi) is 4.29. The molecule has 0 radical (unpaired) electrons. The van der Waals surface area contributed by atoms with Crippen LogP contribution in [-0.2, 0) is 16.1 Å². The van der Waals surface area contributed by atoms with Crippen molar-refractivity contribution in [2.75, 3.05) is 13.7 Å². The number of carbonyl (C=O) groups excluding carboxylic acids is 1. The fourth-order valence-corrected chi connectivity index (χ4v) is 3.47. The van der Waals surface area contributed by atoms with Crippen molar-refractivity contribution in [1.82, 2.24) is 9.88 Å². The van der Waals surface area contributed by atoms with Gasteiger partial charge in [-0.1, -0.05) is 12.1 Å². The van der Waals surface area contributed by atoms with E-state index in [9.17, 15) is 9.59 Å². The maximum absolute atomic E-state index is 11.9. The number of hydrogen-bond donors (Lipinski definition) is 1. The monoisotopic (exact) mass is 332 g/mol. The van der Waals surface area contributed by atoms with Crippen LogP contribution >= 0.6 is 11.3 Å². The molecule has 23 heavy (non-hydrogen) atoms. The number of carboxylic acids is 1. The molecular formula is C16H16N2O4S. The highest BCUT2D eigenvalue weighted by atomic mass is 32.1. The van der Waals surface area contributed by atoms with Gasteiger partial charge in [0.05, 0.1) is 19.6 Å². The fourth-order valence-electron chi connectivity index (χ4n) is 2.55. The summed E-state index contributed by atoms with van der Waals surface area (Å²) < 4.78 is 5.21. The van der Waals surface area contributed by atoms with E-state index in [1.807, 2.05) is 24.3 Å². The fraction of sp³-hybridized carbons (Fsp3) is 0.312. The van der Waals surface area contributed by atoms with E-state index in [0.717, 1.165) is 21.2 Å². The highest BCUT2D eigenvalue weighted by Gasteiger charge is 2.34. The van der Waals surface area contributed by atoms with E-state index in [-0.39, 0.29) is 18.9 Å². The van der Waals surface area contributed by atoms with Crippen molar-refractivity contribution in [1.29, 1.82) is 0 Å². The smallest absolute Gasteiger partial charge is 0.308 e. The number of aromatic nitrogens is 1. The molecule has 1 aliphatic heterocycles. The van der Waals surface area contributed by atoms with Gasteiger partial charge in [0.15, 0.2) is 0 Å². The van der Waals surface area contributed by atoms with Crippen LogP contribution in [0.4, 0.5) is 0 Å². The molecule has 7 heteroatoms. The number of thiazole rings is 1. The molecule has 1 saturated heterocycles. The predicted molar refractivity (Wildman–Crippen MR) is 85.3 cm³/mol. The minimum absolute atomic E-state index is 0.0802. The van der Waals surface area contributed by atoms with E-state index in [1.165, 1.54) is 11.3 Å². The number of carbonyl (C=O) groups is 2. The van der Waals surface area contributed by atoms with Crippen LogP contribution in [0.15, 0.2) is 30.5 Å². The number of methoxy groups -OCH3 is 1. The maximum Gasteiger partial charge on any atom is 0.308 e. The van der Waals surface area contributed by atoms with Crippen molar-refractivity contribution < 1.29 is 19.4 Å². The molecule has 0 spiro atoms. The number of likely N-dealkylation sites (tertiary alicyclic amines) is 1. The highest BCUT2D eigenvalue weighted by molar-refractivity contribution is 7.15. The molecule has 3 rings (SSSR count). The van der Waals surface area contributed by atoms with Crippen LogP contribution in [0.2, 0.25) is 0 Å². The average Bonchev–Trinajstić information content (AvgIpc) is 3.15. The molecule has 0 saturated carbocycles. The molecule has 6 nitrogen and oxygen atoms in total. The van der Waals surface area contributed by atoms with Gasteiger partial charge in [-0.15, -0.1) is 11.3 Å². The summed E-state index contributed by atoms with van der Waals surface area (Å²) >= 11 is 1.50. The van der Waals surface area contributed by atoms with Gasteiger partial charge in [-0.2, -0.15) is 0 Å². The van der Waals surface area contributed by atoms with E-state index in [2.05, 4.69) is 4.98 Å². The second-order valence-electron chi connectivity index (χ2n) is 5.38. The summed E-state index contributed by atoms with van der Waals surface area (Å²) in [6.45, 7) is 0.671. The summed E-state index contributed by atoms with van der Waals surface area (Å²) in [5.74, 6) is -0.873. The Morgan fingerprint density at radius 3 is 3.04 bits per heavy atom. The van der Waals surface area contributed by atoms with Crippen LogP contribution in [0.5, 0.6) is 5.75 Å². The van der Waals surface area contributed by atoms with Gasteiger partial charge in [-0.25, -0.2) is 4.98 Å². The van der Waals surface area contributed by atoms with Gasteiger partial charge in [-0.3, -0.25) is 9.59 Å². The lowest BCUT2D eigenvalue weighted by molar-refractivity contribution is -0.141. The molecular weight excluding hydrogens is 316 g/mol. The lowest BCUT2D eigenvalue weighted by Gasteiger charge is -2.14. The van der Waals surface area contributed by atoms with Gasteiger partial charge in [0.25, 0.3) is 0 Å². The number of carboxylic acid groups (broad SMARTS) is 1. The molecule has 1 atom stereocenters. The van der Waals surface area contributed by atoms with E-state index >= 15 is 0 Å². The number of aliphatic carboxylic acids is 1. The number of hydrogen-bond acceptors (Lipinski definition) is 5. The summed E-state index contributed by atoms with van der Waals surface area (Å²) in [5, 5.41) is 9.86. The Bertz CT molecular complexity index is 743. The van der Waals surface area contributed by atoms with E-state index in [1.54, 1.807) is 18.2 Å². The molecule has 1 N–H and O–H groups in total. The van der Waals surface area contributed by atoms with E-state index in [4.69, 9.17) is 9.84 Å². The molecule has 1 aromatic heterocycles. The normalized spacial score (nSPS) is 17.5. The highest BCUT2D eigenvalue weighted by Crippen LogP contribution is 2.29. The quantitative estimate of drug-likeness (QED) is 0.908. The van der Waals surface area contributed by atoms with Crippen molar-refractivity contribution >= 4 is 23.2 Å². The number of rotatable bonds is 5. The maximum atomic E-state index is 11.9. The summed E-state index contributed by atoms with van der Waals surface area (Å²) in [7, 11) is 1.62. The Hall–Kier alpha value is -2.41. The third-order valence-corrected chi connectivity index (χ3v) is 4.81. The lowest BCUT2D eigenvalue weighted by Crippen LogP contribution is -2.25. The van der Waals surface area contributed by atoms with Gasteiger partial charge in [-0.05, 0) is 12.1 Å². The third-order valence-electron chi connectivity index (χ3n) is 3.78. The van der Waals surface area contributed by atoms with Gasteiger partial charge >= 0.3 is 5.97 Å². The predicted octanol–water partition coefficient (Wildman–Crippen LogP) is 2.25. The molecule has 1 aliphatic rings. The Labute approximate surface area is 137 Å². The van der Waals surface area contributed by atoms with E-state index in [0.29, 0.717) is 6.54 Å². The van der Waals surface area contributed by atoms with Crippen LogP contribution in [-0.4, -0.2) is 40.5 Å². The lowest BCUT2D eigenvalue weighted by atomic mass is 10.1. The number of ether oxygens (including phenoxy) is 1. The van der Waals surface area contributed by atoms with Crippen LogP contribution in [0, 0.1) is 5.92 Å². The molecule has 1 fully saturated rings. The zero-order valence-corrected chi connectivity index (χ0v) is 13.4. The Balaban J connectivity index is 1.72. The van der Waals surface area contributed by atoms with Gasteiger partial charge in [0.2, 0.25) is 5.91 Å². The average molecular weight is 332 g/mol. The number of amides is 1. The largest absolute Gasteiger partial charge is 0.497 e. The minimum atomic E-state index is -0.915. The molecule has 1 aromatic carbocycles. The summed E-state index contributed by atoms with van der Waals surface area (Å²) in [6, 6.07) is 7.63. The number of benzene rings is 1. The molecule has 2 heterocycles. The van der Waals surface area contributed by atoms with Crippen molar-refractivity contribution in [3.8, 4) is 16.3 Å². The third kappa shape index (κ3) is 3.34. The zero-order chi connectivity index (χ0) is 16.4. The van der Waals surface area contributed by atoms with Crippen molar-refractivity contribution in [2.24, 2.45) is 5.92 Å². The first-order valence-electron chi connectivity index (χ1n) is 7.16. The number of nitrogens with zero attached hydrogens (tertiary/aromatic N) is 2. The summed E-state index contributed by atoms with van der Waals surface area (Å²) in [5.41, 5.74) is 0.955. The second-order valence-corrected chi connectivity index (χ2v) is 6.49. The molecule has 120 valence electrons. The van der Waals surface area contributed by atoms with Crippen LogP contribution in [0.25, 0.3) is 10.6 Å². The molecule has 0 unspecified atom stereocenters. The van der Waals surface area contributed by atoms with Gasteiger partial charge in [0.1, 0.15) is 10.8 Å². The van der Waals surface area contributed by atoms with Crippen LogP contribution in [0.1, 0.15) is 11.3 Å². The van der Waals surface area contributed by atoms with Crippen molar-refractivity contribution in [2.45, 2.75) is 13.0 Å². The standard InChI is InChI=1S/C16H16N2O4S/c1-22-12-4-2-3-10(5-12)15-17-7-13(23-15)9-18-8-11(16(20)21)6-14(18)19/h2-5,7,11H,6,8-9H2,1H3,(H,20,21)/t11-/m0/s1. The molecule has 1 amide bonds. The molecule has 0 bridgehead atoms. The van der Waals surface area contributed by atoms with Crippen molar-refractivity contribution in [3.05, 3.63) is 35.3 Å². The first-order chi connectivity index (χ1) is 11.1. The van der Waals surface area contributed by atoms with Crippen molar-refractivity contribution in [3.63, 3.8) is 0 Å². The van der Waals surface area contributed by atoms with Gasteiger partial charge < -0.3 is 14.7 Å². The first-order valence-corrected chi connectivity index (χ1v) is 7.98. The Morgan fingerprint density at radius 2 is 2.35 bits per heavy atom. The molecule has 0 aliphatic carbocycles. The van der Waals surface area contributed by atoms with Crippen LogP contribution in [0.3, 0.4) is 0 Å².